The highest BCUT2D eigenvalue weighted by atomic mass is 16.1. The Balaban J connectivity index is 2.06. The van der Waals surface area contributed by atoms with Crippen LogP contribution in [0.15, 0.2) is 0 Å². The fourth-order valence-electron chi connectivity index (χ4n) is 2.14. The average Bonchev–Trinajstić information content (AvgIpc) is 2.25. The molecule has 1 amide bonds. The van der Waals surface area contributed by atoms with Gasteiger partial charge in [-0.15, -0.1) is 0 Å². The van der Waals surface area contributed by atoms with Gasteiger partial charge >= 0.3 is 0 Å². The summed E-state index contributed by atoms with van der Waals surface area (Å²) in [6.07, 6.45) is 6.58. The fraction of sp³-hybridized carbons (Fsp3) is 0.917. The molecule has 0 radical (unpaired) electrons. The molecule has 0 aromatic carbocycles. The van der Waals surface area contributed by atoms with E-state index >= 15 is 0 Å². The molecule has 0 unspecified atom stereocenters. The molecule has 0 aliphatic heterocycles. The molecule has 0 aromatic heterocycles. The Kier molecular flexibility index (Phi) is 5.69. The average molecular weight is 212 g/mol. The SMILES string of the molecule is CC1CCC(CNC(=O)CCCN)CC1. The lowest BCUT2D eigenvalue weighted by Crippen LogP contribution is -2.31. The molecular formula is C12H24N2O. The van der Waals surface area contributed by atoms with Crippen LogP contribution in [0.2, 0.25) is 0 Å². The lowest BCUT2D eigenvalue weighted by atomic mass is 9.83. The number of carbonyl (C=O) groups excluding carboxylic acids is 1. The topological polar surface area (TPSA) is 55.1 Å². The molecule has 3 N–H and O–H groups in total. The maximum atomic E-state index is 11.3. The predicted octanol–water partition coefficient (Wildman–Crippen LogP) is 1.67. The predicted molar refractivity (Wildman–Crippen MR) is 62.4 cm³/mol. The summed E-state index contributed by atoms with van der Waals surface area (Å²) in [6, 6.07) is 0. The van der Waals surface area contributed by atoms with E-state index in [-0.39, 0.29) is 5.91 Å². The van der Waals surface area contributed by atoms with Gasteiger partial charge < -0.3 is 11.1 Å². The summed E-state index contributed by atoms with van der Waals surface area (Å²) in [7, 11) is 0. The van der Waals surface area contributed by atoms with Crippen LogP contribution in [-0.4, -0.2) is 19.0 Å². The Morgan fingerprint density at radius 1 is 1.33 bits per heavy atom. The van der Waals surface area contributed by atoms with Crippen LogP contribution in [0.25, 0.3) is 0 Å². The van der Waals surface area contributed by atoms with E-state index in [2.05, 4.69) is 12.2 Å². The Morgan fingerprint density at radius 3 is 2.60 bits per heavy atom. The normalized spacial score (nSPS) is 26.3. The van der Waals surface area contributed by atoms with Gasteiger partial charge in [-0.2, -0.15) is 0 Å². The third-order valence-electron chi connectivity index (χ3n) is 3.33. The van der Waals surface area contributed by atoms with Gasteiger partial charge in [-0.3, -0.25) is 4.79 Å². The highest BCUT2D eigenvalue weighted by Crippen LogP contribution is 2.27. The maximum absolute atomic E-state index is 11.3. The summed E-state index contributed by atoms with van der Waals surface area (Å²) in [5.74, 6) is 1.76. The van der Waals surface area contributed by atoms with Crippen LogP contribution in [0, 0.1) is 11.8 Å². The number of nitrogens with two attached hydrogens (primary N) is 1. The molecule has 1 fully saturated rings. The van der Waals surface area contributed by atoms with Crippen LogP contribution in [0.5, 0.6) is 0 Å². The lowest BCUT2D eigenvalue weighted by Gasteiger charge is -2.26. The van der Waals surface area contributed by atoms with Gasteiger partial charge in [0.15, 0.2) is 0 Å². The molecule has 0 saturated heterocycles. The van der Waals surface area contributed by atoms with Gasteiger partial charge in [0.1, 0.15) is 0 Å². The van der Waals surface area contributed by atoms with Gasteiger partial charge in [0.25, 0.3) is 0 Å². The Bertz CT molecular complexity index is 186. The first kappa shape index (κ1) is 12.5. The van der Waals surface area contributed by atoms with Gasteiger partial charge in [0.2, 0.25) is 5.91 Å². The van der Waals surface area contributed by atoms with Crippen molar-refractivity contribution in [3.05, 3.63) is 0 Å². The molecule has 88 valence electrons. The molecule has 0 heterocycles. The fourth-order valence-corrected chi connectivity index (χ4v) is 2.14. The van der Waals surface area contributed by atoms with Crippen molar-refractivity contribution in [2.75, 3.05) is 13.1 Å². The number of hydrogen-bond donors (Lipinski definition) is 2. The molecule has 0 atom stereocenters. The number of nitrogens with one attached hydrogen (secondary N) is 1. The van der Waals surface area contributed by atoms with Gasteiger partial charge in [-0.1, -0.05) is 19.8 Å². The number of amides is 1. The largest absolute Gasteiger partial charge is 0.356 e. The standard InChI is InChI=1S/C12H24N2O/c1-10-4-6-11(7-5-10)9-14-12(15)3-2-8-13/h10-11H,2-9,13H2,1H3,(H,14,15). The van der Waals surface area contributed by atoms with E-state index in [1.807, 2.05) is 0 Å². The Morgan fingerprint density at radius 2 is 2.00 bits per heavy atom. The molecule has 1 rings (SSSR count). The molecule has 0 aromatic rings. The zero-order valence-electron chi connectivity index (χ0n) is 9.80. The zero-order valence-corrected chi connectivity index (χ0v) is 9.80. The first-order chi connectivity index (χ1) is 7.22. The van der Waals surface area contributed by atoms with Crippen LogP contribution in [0.3, 0.4) is 0 Å². The molecule has 3 nitrogen and oxygen atoms in total. The van der Waals surface area contributed by atoms with Crippen molar-refractivity contribution >= 4 is 5.91 Å². The van der Waals surface area contributed by atoms with E-state index in [4.69, 9.17) is 5.73 Å². The summed E-state index contributed by atoms with van der Waals surface area (Å²) in [4.78, 5) is 11.3. The highest BCUT2D eigenvalue weighted by Gasteiger charge is 2.18. The van der Waals surface area contributed by atoms with E-state index in [9.17, 15) is 4.79 Å². The smallest absolute Gasteiger partial charge is 0.220 e. The van der Waals surface area contributed by atoms with Gasteiger partial charge in [-0.05, 0) is 37.6 Å². The van der Waals surface area contributed by atoms with Crippen LogP contribution >= 0.6 is 0 Å². The molecule has 1 aliphatic carbocycles. The Labute approximate surface area is 92.8 Å². The lowest BCUT2D eigenvalue weighted by molar-refractivity contribution is -0.121. The second-order valence-electron chi connectivity index (χ2n) is 4.82. The van der Waals surface area contributed by atoms with Gasteiger partial charge in [0.05, 0.1) is 0 Å². The molecule has 0 spiro atoms. The van der Waals surface area contributed by atoms with Crippen LogP contribution in [-0.2, 0) is 4.79 Å². The summed E-state index contributed by atoms with van der Waals surface area (Å²) in [5.41, 5.74) is 5.35. The van der Waals surface area contributed by atoms with E-state index in [0.29, 0.717) is 18.9 Å². The zero-order chi connectivity index (χ0) is 11.1. The number of rotatable bonds is 5. The third kappa shape index (κ3) is 5.17. The van der Waals surface area contributed by atoms with Crippen molar-refractivity contribution in [3.8, 4) is 0 Å². The second-order valence-corrected chi connectivity index (χ2v) is 4.82. The molecule has 3 heteroatoms. The van der Waals surface area contributed by atoms with Gasteiger partial charge in [-0.25, -0.2) is 0 Å². The van der Waals surface area contributed by atoms with Gasteiger partial charge in [0, 0.05) is 13.0 Å². The summed E-state index contributed by atoms with van der Waals surface area (Å²) >= 11 is 0. The van der Waals surface area contributed by atoms with Crippen molar-refractivity contribution in [1.29, 1.82) is 0 Å². The van der Waals surface area contributed by atoms with E-state index in [0.717, 1.165) is 18.9 Å². The van der Waals surface area contributed by atoms with Crippen molar-refractivity contribution in [3.63, 3.8) is 0 Å². The minimum atomic E-state index is 0.166. The van der Waals surface area contributed by atoms with Crippen molar-refractivity contribution < 1.29 is 4.79 Å². The van der Waals surface area contributed by atoms with Crippen molar-refractivity contribution in [2.45, 2.75) is 45.4 Å². The summed E-state index contributed by atoms with van der Waals surface area (Å²) < 4.78 is 0. The molecule has 1 aliphatic rings. The maximum Gasteiger partial charge on any atom is 0.220 e. The molecular weight excluding hydrogens is 188 g/mol. The summed E-state index contributed by atoms with van der Waals surface area (Å²) in [5, 5.41) is 3.01. The first-order valence-corrected chi connectivity index (χ1v) is 6.19. The first-order valence-electron chi connectivity index (χ1n) is 6.19. The van der Waals surface area contributed by atoms with E-state index < -0.39 is 0 Å². The molecule has 1 saturated carbocycles. The Hall–Kier alpha value is -0.570. The highest BCUT2D eigenvalue weighted by molar-refractivity contribution is 5.75. The van der Waals surface area contributed by atoms with Crippen molar-refractivity contribution in [2.24, 2.45) is 17.6 Å². The van der Waals surface area contributed by atoms with E-state index in [1.54, 1.807) is 0 Å². The minimum absolute atomic E-state index is 0.166. The second kappa shape index (κ2) is 6.83. The van der Waals surface area contributed by atoms with Crippen molar-refractivity contribution in [1.82, 2.24) is 5.32 Å². The minimum Gasteiger partial charge on any atom is -0.356 e. The van der Waals surface area contributed by atoms with Crippen LogP contribution in [0.1, 0.15) is 45.4 Å². The third-order valence-corrected chi connectivity index (χ3v) is 3.33. The molecule has 15 heavy (non-hydrogen) atoms. The monoisotopic (exact) mass is 212 g/mol. The quantitative estimate of drug-likeness (QED) is 0.728. The number of hydrogen-bond acceptors (Lipinski definition) is 2. The number of carbonyl (C=O) groups is 1. The van der Waals surface area contributed by atoms with Crippen LogP contribution in [0.4, 0.5) is 0 Å². The van der Waals surface area contributed by atoms with Crippen LogP contribution < -0.4 is 11.1 Å². The molecule has 0 bridgehead atoms. The van der Waals surface area contributed by atoms with E-state index in [1.165, 1.54) is 25.7 Å². The summed E-state index contributed by atoms with van der Waals surface area (Å²) in [6.45, 7) is 3.79.